The second-order valence-electron chi connectivity index (χ2n) is 4.24. The molecule has 0 atom stereocenters. The number of hydrogen-bond donors (Lipinski definition) is 2. The van der Waals surface area contributed by atoms with Crippen LogP contribution in [0.4, 0.5) is 4.79 Å². The average molecular weight is 296 g/mol. The molecule has 0 unspecified atom stereocenters. The summed E-state index contributed by atoms with van der Waals surface area (Å²) < 4.78 is 6.25. The third-order valence-electron chi connectivity index (χ3n) is 2.97. The smallest absolute Gasteiger partial charge is 0.360 e. The fourth-order valence-corrected chi connectivity index (χ4v) is 1.95. The van der Waals surface area contributed by atoms with E-state index in [-0.39, 0.29) is 44.4 Å². The molecule has 10 nitrogen and oxygen atoms in total. The SMILES string of the molecule is CCOC(=O)c1nnn(CCN2C(=O)CNC2=O)c1CN. The Kier molecular flexibility index (Phi) is 4.48. The van der Waals surface area contributed by atoms with Gasteiger partial charge in [-0.15, -0.1) is 5.10 Å². The van der Waals surface area contributed by atoms with E-state index >= 15 is 0 Å². The zero-order chi connectivity index (χ0) is 15.4. The highest BCUT2D eigenvalue weighted by Gasteiger charge is 2.28. The number of aromatic nitrogens is 3. The molecule has 0 saturated carbocycles. The van der Waals surface area contributed by atoms with Crippen LogP contribution in [0.25, 0.3) is 0 Å². The lowest BCUT2D eigenvalue weighted by Crippen LogP contribution is -2.34. The number of nitrogens with two attached hydrogens (primary N) is 1. The van der Waals surface area contributed by atoms with Gasteiger partial charge in [0.15, 0.2) is 5.69 Å². The van der Waals surface area contributed by atoms with Gasteiger partial charge in [0.25, 0.3) is 0 Å². The van der Waals surface area contributed by atoms with Crippen molar-refractivity contribution in [1.82, 2.24) is 25.2 Å². The Balaban J connectivity index is 2.08. The van der Waals surface area contributed by atoms with Gasteiger partial charge in [0.1, 0.15) is 0 Å². The molecule has 2 rings (SSSR count). The molecule has 0 aromatic carbocycles. The lowest BCUT2D eigenvalue weighted by Gasteiger charge is -2.12. The highest BCUT2D eigenvalue weighted by atomic mass is 16.5. The largest absolute Gasteiger partial charge is 0.461 e. The Morgan fingerprint density at radius 2 is 2.19 bits per heavy atom. The normalized spacial score (nSPS) is 14.5. The Morgan fingerprint density at radius 1 is 1.43 bits per heavy atom. The second-order valence-corrected chi connectivity index (χ2v) is 4.24. The number of nitrogens with zero attached hydrogens (tertiary/aromatic N) is 4. The fourth-order valence-electron chi connectivity index (χ4n) is 1.95. The van der Waals surface area contributed by atoms with Crippen molar-refractivity contribution in [3.05, 3.63) is 11.4 Å². The summed E-state index contributed by atoms with van der Waals surface area (Å²) in [5.74, 6) is -0.903. The predicted octanol–water partition coefficient (Wildman–Crippen LogP) is -1.53. The monoisotopic (exact) mass is 296 g/mol. The van der Waals surface area contributed by atoms with Crippen molar-refractivity contribution in [3.8, 4) is 0 Å². The number of rotatable bonds is 6. The van der Waals surface area contributed by atoms with Crippen molar-refractivity contribution in [2.24, 2.45) is 5.73 Å². The summed E-state index contributed by atoms with van der Waals surface area (Å²) in [5, 5.41) is 9.98. The van der Waals surface area contributed by atoms with Crippen LogP contribution in [0, 0.1) is 0 Å². The molecule has 1 aromatic rings. The number of imide groups is 1. The average Bonchev–Trinajstić information content (AvgIpc) is 3.01. The van der Waals surface area contributed by atoms with Crippen LogP contribution in [0.2, 0.25) is 0 Å². The standard InChI is InChI=1S/C11H16N6O4/c1-2-21-10(19)9-7(5-12)17(15-14-9)4-3-16-8(18)6-13-11(16)20/h2-6,12H2,1H3,(H,13,20). The lowest BCUT2D eigenvalue weighted by molar-refractivity contribution is -0.125. The highest BCUT2D eigenvalue weighted by Crippen LogP contribution is 2.08. The summed E-state index contributed by atoms with van der Waals surface area (Å²) in [7, 11) is 0. The van der Waals surface area contributed by atoms with Crippen LogP contribution in [-0.4, -0.2) is 57.5 Å². The van der Waals surface area contributed by atoms with E-state index in [2.05, 4.69) is 15.6 Å². The summed E-state index contributed by atoms with van der Waals surface area (Å²) in [6.07, 6.45) is 0. The molecule has 3 amide bonds. The molecule has 1 aromatic heterocycles. The Bertz CT molecular complexity index is 553. The van der Waals surface area contributed by atoms with Crippen LogP contribution < -0.4 is 11.1 Å². The molecule has 1 aliphatic rings. The lowest BCUT2D eigenvalue weighted by atomic mass is 10.3. The Hall–Kier alpha value is -2.49. The van der Waals surface area contributed by atoms with Gasteiger partial charge in [0, 0.05) is 6.54 Å². The summed E-state index contributed by atoms with van der Waals surface area (Å²) in [4.78, 5) is 35.6. The maximum absolute atomic E-state index is 11.7. The van der Waals surface area contributed by atoms with Crippen LogP contribution in [0.3, 0.4) is 0 Å². The first kappa shape index (κ1) is 14.9. The van der Waals surface area contributed by atoms with E-state index < -0.39 is 12.0 Å². The number of esters is 1. The zero-order valence-corrected chi connectivity index (χ0v) is 11.5. The first-order chi connectivity index (χ1) is 10.1. The van der Waals surface area contributed by atoms with Crippen molar-refractivity contribution in [2.45, 2.75) is 20.0 Å². The van der Waals surface area contributed by atoms with Gasteiger partial charge in [-0.05, 0) is 6.92 Å². The predicted molar refractivity (Wildman–Crippen MR) is 69.0 cm³/mol. The third-order valence-corrected chi connectivity index (χ3v) is 2.97. The number of carbonyl (C=O) groups excluding carboxylic acids is 3. The van der Waals surface area contributed by atoms with E-state index in [1.807, 2.05) is 0 Å². The van der Waals surface area contributed by atoms with Gasteiger partial charge in [-0.1, -0.05) is 5.21 Å². The molecule has 0 spiro atoms. The van der Waals surface area contributed by atoms with Gasteiger partial charge >= 0.3 is 12.0 Å². The molecular weight excluding hydrogens is 280 g/mol. The van der Waals surface area contributed by atoms with Crippen LogP contribution in [0.5, 0.6) is 0 Å². The van der Waals surface area contributed by atoms with Gasteiger partial charge in [-0.3, -0.25) is 9.69 Å². The number of urea groups is 1. The number of nitrogens with one attached hydrogen (secondary N) is 1. The highest BCUT2D eigenvalue weighted by molar-refractivity contribution is 6.01. The van der Waals surface area contributed by atoms with Crippen molar-refractivity contribution in [2.75, 3.05) is 19.7 Å². The quantitative estimate of drug-likeness (QED) is 0.480. The first-order valence-corrected chi connectivity index (χ1v) is 6.46. The molecule has 0 aliphatic carbocycles. The molecule has 2 heterocycles. The minimum absolute atomic E-state index is 0.00594. The minimum Gasteiger partial charge on any atom is -0.461 e. The van der Waals surface area contributed by atoms with E-state index in [0.29, 0.717) is 5.69 Å². The minimum atomic E-state index is -0.598. The van der Waals surface area contributed by atoms with Gasteiger partial charge in [0.2, 0.25) is 5.91 Å². The van der Waals surface area contributed by atoms with E-state index in [0.717, 1.165) is 4.90 Å². The summed E-state index contributed by atoms with van der Waals surface area (Å²) in [6, 6.07) is -0.444. The van der Waals surface area contributed by atoms with Gasteiger partial charge in [0.05, 0.1) is 31.9 Å². The van der Waals surface area contributed by atoms with Crippen molar-refractivity contribution < 1.29 is 19.1 Å². The summed E-state index contributed by atoms with van der Waals surface area (Å²) in [6.45, 7) is 2.27. The number of hydrogen-bond acceptors (Lipinski definition) is 7. The van der Waals surface area contributed by atoms with Gasteiger partial charge in [-0.25, -0.2) is 14.3 Å². The van der Waals surface area contributed by atoms with Gasteiger partial charge in [-0.2, -0.15) is 0 Å². The molecule has 10 heteroatoms. The van der Waals surface area contributed by atoms with Crippen LogP contribution in [0.15, 0.2) is 0 Å². The van der Waals surface area contributed by atoms with E-state index in [1.54, 1.807) is 6.92 Å². The molecule has 21 heavy (non-hydrogen) atoms. The molecular formula is C11H16N6O4. The molecule has 1 aliphatic heterocycles. The van der Waals surface area contributed by atoms with Crippen LogP contribution >= 0.6 is 0 Å². The molecule has 1 fully saturated rings. The summed E-state index contributed by atoms with van der Waals surface area (Å²) in [5.41, 5.74) is 6.06. The fraction of sp³-hybridized carbons (Fsp3) is 0.545. The maximum atomic E-state index is 11.7. The van der Waals surface area contributed by atoms with Crippen molar-refractivity contribution >= 4 is 17.9 Å². The molecule has 1 saturated heterocycles. The number of amides is 3. The van der Waals surface area contributed by atoms with Crippen molar-refractivity contribution in [3.63, 3.8) is 0 Å². The van der Waals surface area contributed by atoms with E-state index in [1.165, 1.54) is 4.68 Å². The number of carbonyl (C=O) groups is 3. The zero-order valence-electron chi connectivity index (χ0n) is 11.5. The Morgan fingerprint density at radius 3 is 2.76 bits per heavy atom. The topological polar surface area (TPSA) is 132 Å². The van der Waals surface area contributed by atoms with E-state index in [4.69, 9.17) is 10.5 Å². The third kappa shape index (κ3) is 2.99. The molecule has 114 valence electrons. The molecule has 0 radical (unpaired) electrons. The van der Waals surface area contributed by atoms with Crippen molar-refractivity contribution in [1.29, 1.82) is 0 Å². The first-order valence-electron chi connectivity index (χ1n) is 6.46. The van der Waals surface area contributed by atoms with E-state index in [9.17, 15) is 14.4 Å². The Labute approximate surface area is 120 Å². The number of ether oxygens (including phenoxy) is 1. The summed E-state index contributed by atoms with van der Waals surface area (Å²) >= 11 is 0. The van der Waals surface area contributed by atoms with Gasteiger partial charge < -0.3 is 15.8 Å². The van der Waals surface area contributed by atoms with Crippen LogP contribution in [0.1, 0.15) is 23.1 Å². The maximum Gasteiger partial charge on any atom is 0.360 e. The van der Waals surface area contributed by atoms with Crippen LogP contribution in [-0.2, 0) is 22.6 Å². The molecule has 3 N–H and O–H groups in total. The second kappa shape index (κ2) is 6.31. The molecule has 0 bridgehead atoms.